The Kier molecular flexibility index (Phi) is 4.24. The van der Waals surface area contributed by atoms with Crippen molar-refractivity contribution in [2.75, 3.05) is 7.11 Å². The molecule has 100 valence electrons. The molecule has 0 atom stereocenters. The molecule has 0 saturated heterocycles. The van der Waals surface area contributed by atoms with E-state index in [0.717, 1.165) is 0 Å². The van der Waals surface area contributed by atoms with E-state index in [1.807, 2.05) is 6.07 Å². The highest BCUT2D eigenvalue weighted by Gasteiger charge is 2.09. The number of benzene rings is 2. The van der Waals surface area contributed by atoms with E-state index in [1.165, 1.54) is 7.11 Å². The average Bonchev–Trinajstić information content (AvgIpc) is 2.47. The molecule has 2 rings (SSSR count). The molecule has 0 aromatic heterocycles. The molecule has 0 heterocycles. The van der Waals surface area contributed by atoms with Crippen molar-refractivity contribution < 1.29 is 14.3 Å². The van der Waals surface area contributed by atoms with Crippen molar-refractivity contribution in [2.24, 2.45) is 0 Å². The molecule has 0 aliphatic rings. The lowest BCUT2D eigenvalue weighted by Crippen LogP contribution is -2.00. The Morgan fingerprint density at radius 2 is 1.90 bits per heavy atom. The number of esters is 1. The summed E-state index contributed by atoms with van der Waals surface area (Å²) >= 11 is 5.92. The highest BCUT2D eigenvalue weighted by atomic mass is 35.5. The summed E-state index contributed by atoms with van der Waals surface area (Å²) < 4.78 is 10.2. The third-order valence-corrected chi connectivity index (χ3v) is 2.91. The largest absolute Gasteiger partial charge is 0.465 e. The van der Waals surface area contributed by atoms with Gasteiger partial charge in [-0.25, -0.2) is 4.79 Å². The van der Waals surface area contributed by atoms with Gasteiger partial charge in [-0.05, 0) is 36.4 Å². The van der Waals surface area contributed by atoms with E-state index >= 15 is 0 Å². The molecule has 20 heavy (non-hydrogen) atoms. The lowest BCUT2D eigenvalue weighted by molar-refractivity contribution is 0.0600. The minimum Gasteiger partial charge on any atom is -0.465 e. The third-order valence-electron chi connectivity index (χ3n) is 2.59. The molecule has 0 amide bonds. The molecule has 0 fully saturated rings. The Bertz CT molecular complexity index is 675. The molecule has 4 nitrogen and oxygen atoms in total. The number of hydrogen-bond donors (Lipinski definition) is 0. The summed E-state index contributed by atoms with van der Waals surface area (Å²) in [5.74, 6) is 0.444. The normalized spacial score (nSPS) is 9.65. The smallest absolute Gasteiger partial charge is 0.337 e. The minimum absolute atomic E-state index is 0.270. The Balaban J connectivity index is 2.25. The maximum Gasteiger partial charge on any atom is 0.337 e. The Labute approximate surface area is 121 Å². The molecule has 0 radical (unpaired) electrons. The first-order valence-electron chi connectivity index (χ1n) is 5.70. The fourth-order valence-corrected chi connectivity index (χ4v) is 1.81. The molecular formula is C15H10ClNO3. The molecule has 0 aliphatic heterocycles. The zero-order chi connectivity index (χ0) is 14.5. The van der Waals surface area contributed by atoms with Gasteiger partial charge < -0.3 is 9.47 Å². The van der Waals surface area contributed by atoms with Gasteiger partial charge in [0.25, 0.3) is 0 Å². The minimum atomic E-state index is -0.419. The molecule has 0 aliphatic carbocycles. The lowest BCUT2D eigenvalue weighted by Gasteiger charge is -2.08. The number of ether oxygens (including phenoxy) is 2. The van der Waals surface area contributed by atoms with Crippen molar-refractivity contribution in [2.45, 2.75) is 0 Å². The number of nitriles is 1. The first kappa shape index (κ1) is 13.9. The molecule has 5 heteroatoms. The molecule has 2 aromatic rings. The standard InChI is InChI=1S/C15H10ClNO3/c1-19-15(18)10-5-7-11(8-6-10)20-14-4-2-3-13(16)12(14)9-17/h2-8H,1H3. The molecular weight excluding hydrogens is 278 g/mol. The van der Waals surface area contributed by atoms with E-state index < -0.39 is 5.97 Å². The predicted molar refractivity (Wildman–Crippen MR) is 74.0 cm³/mol. The molecule has 2 aromatic carbocycles. The number of methoxy groups -OCH3 is 1. The van der Waals surface area contributed by atoms with E-state index in [1.54, 1.807) is 42.5 Å². The number of nitrogens with zero attached hydrogens (tertiary/aromatic N) is 1. The molecule has 0 N–H and O–H groups in total. The first-order valence-corrected chi connectivity index (χ1v) is 6.08. The van der Waals surface area contributed by atoms with Crippen molar-refractivity contribution in [1.29, 1.82) is 5.26 Å². The second kappa shape index (κ2) is 6.09. The van der Waals surface area contributed by atoms with Crippen LogP contribution in [0.1, 0.15) is 15.9 Å². The van der Waals surface area contributed by atoms with Gasteiger partial charge in [0.05, 0.1) is 17.7 Å². The highest BCUT2D eigenvalue weighted by molar-refractivity contribution is 6.31. The quantitative estimate of drug-likeness (QED) is 0.806. The zero-order valence-corrected chi connectivity index (χ0v) is 11.3. The van der Waals surface area contributed by atoms with Crippen LogP contribution in [0, 0.1) is 11.3 Å². The van der Waals surface area contributed by atoms with Gasteiger partial charge in [0, 0.05) is 0 Å². The molecule has 0 saturated carbocycles. The van der Waals surface area contributed by atoms with Crippen molar-refractivity contribution in [3.05, 3.63) is 58.6 Å². The van der Waals surface area contributed by atoms with Crippen molar-refractivity contribution in [3.63, 3.8) is 0 Å². The summed E-state index contributed by atoms with van der Waals surface area (Å²) in [7, 11) is 1.32. The van der Waals surface area contributed by atoms with Gasteiger partial charge in [-0.15, -0.1) is 0 Å². The zero-order valence-electron chi connectivity index (χ0n) is 10.6. The average molecular weight is 288 g/mol. The van der Waals surface area contributed by atoms with E-state index in [4.69, 9.17) is 21.6 Å². The van der Waals surface area contributed by atoms with E-state index in [2.05, 4.69) is 4.74 Å². The summed E-state index contributed by atoms with van der Waals surface area (Å²) in [6.45, 7) is 0. The fourth-order valence-electron chi connectivity index (χ4n) is 1.60. The van der Waals surface area contributed by atoms with Gasteiger partial charge in [-0.3, -0.25) is 0 Å². The number of halogens is 1. The summed E-state index contributed by atoms with van der Waals surface area (Å²) in [5.41, 5.74) is 0.692. The van der Waals surface area contributed by atoms with Crippen LogP contribution in [0.2, 0.25) is 5.02 Å². The Hall–Kier alpha value is -2.51. The molecule has 0 bridgehead atoms. The summed E-state index contributed by atoms with van der Waals surface area (Å²) in [4.78, 5) is 11.3. The lowest BCUT2D eigenvalue weighted by atomic mass is 10.2. The Morgan fingerprint density at radius 1 is 1.20 bits per heavy atom. The van der Waals surface area contributed by atoms with Crippen LogP contribution in [0.25, 0.3) is 0 Å². The van der Waals surface area contributed by atoms with Gasteiger partial charge in [-0.2, -0.15) is 5.26 Å². The van der Waals surface area contributed by atoms with Crippen LogP contribution < -0.4 is 4.74 Å². The van der Waals surface area contributed by atoms with Crippen LogP contribution in [0.15, 0.2) is 42.5 Å². The third kappa shape index (κ3) is 2.90. The summed E-state index contributed by atoms with van der Waals surface area (Å²) in [6, 6.07) is 13.4. The van der Waals surface area contributed by atoms with Gasteiger partial charge in [0.1, 0.15) is 23.1 Å². The number of hydrogen-bond acceptors (Lipinski definition) is 4. The Morgan fingerprint density at radius 3 is 2.50 bits per heavy atom. The summed E-state index contributed by atoms with van der Waals surface area (Å²) in [6.07, 6.45) is 0. The molecule has 0 spiro atoms. The van der Waals surface area contributed by atoms with Crippen LogP contribution in [0.4, 0.5) is 0 Å². The van der Waals surface area contributed by atoms with E-state index in [-0.39, 0.29) is 5.56 Å². The topological polar surface area (TPSA) is 59.3 Å². The van der Waals surface area contributed by atoms with E-state index in [9.17, 15) is 4.79 Å². The number of rotatable bonds is 3. The first-order chi connectivity index (χ1) is 9.65. The fraction of sp³-hybridized carbons (Fsp3) is 0.0667. The maximum atomic E-state index is 11.3. The highest BCUT2D eigenvalue weighted by Crippen LogP contribution is 2.29. The van der Waals surface area contributed by atoms with Crippen LogP contribution in [0.3, 0.4) is 0 Å². The van der Waals surface area contributed by atoms with Crippen molar-refractivity contribution >= 4 is 17.6 Å². The van der Waals surface area contributed by atoms with Crippen molar-refractivity contribution in [3.8, 4) is 17.6 Å². The van der Waals surface area contributed by atoms with Crippen LogP contribution in [0.5, 0.6) is 11.5 Å². The molecule has 0 unspecified atom stereocenters. The number of carbonyl (C=O) groups is 1. The van der Waals surface area contributed by atoms with Crippen LogP contribution >= 0.6 is 11.6 Å². The van der Waals surface area contributed by atoms with Crippen LogP contribution in [-0.2, 0) is 4.74 Å². The number of carbonyl (C=O) groups excluding carboxylic acids is 1. The maximum absolute atomic E-state index is 11.3. The monoisotopic (exact) mass is 287 g/mol. The van der Waals surface area contributed by atoms with Gasteiger partial charge in [-0.1, -0.05) is 17.7 Å². The van der Waals surface area contributed by atoms with E-state index in [0.29, 0.717) is 22.1 Å². The summed E-state index contributed by atoms with van der Waals surface area (Å²) in [5, 5.41) is 9.38. The van der Waals surface area contributed by atoms with Gasteiger partial charge in [0.15, 0.2) is 0 Å². The van der Waals surface area contributed by atoms with Crippen LogP contribution in [-0.4, -0.2) is 13.1 Å². The van der Waals surface area contributed by atoms with Crippen molar-refractivity contribution in [1.82, 2.24) is 0 Å². The second-order valence-corrected chi connectivity index (χ2v) is 4.25. The SMILES string of the molecule is COC(=O)c1ccc(Oc2cccc(Cl)c2C#N)cc1. The predicted octanol–water partition coefficient (Wildman–Crippen LogP) is 3.79. The van der Waals surface area contributed by atoms with Gasteiger partial charge >= 0.3 is 5.97 Å². The second-order valence-electron chi connectivity index (χ2n) is 3.84. The van der Waals surface area contributed by atoms with Gasteiger partial charge in [0.2, 0.25) is 0 Å².